The fourth-order valence-electron chi connectivity index (χ4n) is 2.29. The Morgan fingerprint density at radius 1 is 1.39 bits per heavy atom. The van der Waals surface area contributed by atoms with Crippen LogP contribution >= 0.6 is 11.6 Å². The minimum Gasteiger partial charge on any atom is -0.390 e. The van der Waals surface area contributed by atoms with Gasteiger partial charge in [-0.25, -0.2) is 0 Å². The summed E-state index contributed by atoms with van der Waals surface area (Å²) in [6.07, 6.45) is 1.55. The molecule has 1 saturated heterocycles. The highest BCUT2D eigenvalue weighted by Gasteiger charge is 2.28. The van der Waals surface area contributed by atoms with Gasteiger partial charge >= 0.3 is 0 Å². The first-order valence-corrected chi connectivity index (χ1v) is 6.79. The van der Waals surface area contributed by atoms with Gasteiger partial charge in [0.2, 0.25) is 0 Å². The molecule has 0 saturated carbocycles. The predicted octanol–water partition coefficient (Wildman–Crippen LogP) is 2.71. The SMILES string of the molecule is C[C@@H](N)c1ccc(N2CCC(C)(O)CC2)c(Cl)c1. The van der Waals surface area contributed by atoms with Crippen molar-refractivity contribution in [2.75, 3.05) is 18.0 Å². The number of piperidine rings is 1. The smallest absolute Gasteiger partial charge is 0.0653 e. The zero-order valence-electron chi connectivity index (χ0n) is 11.0. The quantitative estimate of drug-likeness (QED) is 0.867. The van der Waals surface area contributed by atoms with Crippen molar-refractivity contribution in [2.45, 2.75) is 38.3 Å². The summed E-state index contributed by atoms with van der Waals surface area (Å²) in [6.45, 7) is 5.52. The first kappa shape index (κ1) is 13.7. The summed E-state index contributed by atoms with van der Waals surface area (Å²) in [4.78, 5) is 2.23. The van der Waals surface area contributed by atoms with Crippen molar-refractivity contribution in [1.29, 1.82) is 0 Å². The van der Waals surface area contributed by atoms with Gasteiger partial charge in [0.05, 0.1) is 16.3 Å². The van der Waals surface area contributed by atoms with Crippen LogP contribution in [-0.2, 0) is 0 Å². The van der Waals surface area contributed by atoms with E-state index >= 15 is 0 Å². The maximum absolute atomic E-state index is 9.95. The van der Waals surface area contributed by atoms with Crippen molar-refractivity contribution >= 4 is 17.3 Å². The minimum absolute atomic E-state index is 0.00126. The fourth-order valence-corrected chi connectivity index (χ4v) is 2.60. The van der Waals surface area contributed by atoms with Crippen LogP contribution in [0.1, 0.15) is 38.3 Å². The van der Waals surface area contributed by atoms with Crippen LogP contribution in [0.3, 0.4) is 0 Å². The average Bonchev–Trinajstić information content (AvgIpc) is 2.29. The van der Waals surface area contributed by atoms with Gasteiger partial charge in [-0.3, -0.25) is 0 Å². The summed E-state index contributed by atoms with van der Waals surface area (Å²) < 4.78 is 0. The van der Waals surface area contributed by atoms with Crippen LogP contribution in [0.25, 0.3) is 0 Å². The van der Waals surface area contributed by atoms with E-state index in [1.165, 1.54) is 0 Å². The normalized spacial score (nSPS) is 20.8. The first-order chi connectivity index (χ1) is 8.39. The molecule has 1 fully saturated rings. The highest BCUT2D eigenvalue weighted by molar-refractivity contribution is 6.33. The van der Waals surface area contributed by atoms with E-state index in [0.29, 0.717) is 0 Å². The molecule has 0 radical (unpaired) electrons. The highest BCUT2D eigenvalue weighted by atomic mass is 35.5. The predicted molar refractivity (Wildman–Crippen MR) is 76.1 cm³/mol. The Labute approximate surface area is 114 Å². The maximum atomic E-state index is 9.95. The van der Waals surface area contributed by atoms with Gasteiger partial charge in [-0.15, -0.1) is 0 Å². The molecule has 2 rings (SSSR count). The van der Waals surface area contributed by atoms with Crippen LogP contribution in [0.15, 0.2) is 18.2 Å². The lowest BCUT2D eigenvalue weighted by molar-refractivity contribution is 0.0351. The molecule has 0 spiro atoms. The molecule has 1 aliphatic rings. The number of nitrogens with zero attached hydrogens (tertiary/aromatic N) is 1. The Balaban J connectivity index is 2.15. The second kappa shape index (κ2) is 5.08. The minimum atomic E-state index is -0.533. The van der Waals surface area contributed by atoms with E-state index in [1.54, 1.807) is 0 Å². The molecule has 1 aromatic carbocycles. The maximum Gasteiger partial charge on any atom is 0.0653 e. The number of rotatable bonds is 2. The van der Waals surface area contributed by atoms with Crippen molar-refractivity contribution in [3.63, 3.8) is 0 Å². The largest absolute Gasteiger partial charge is 0.390 e. The fraction of sp³-hybridized carbons (Fsp3) is 0.571. The van der Waals surface area contributed by atoms with Gasteiger partial charge in [0, 0.05) is 19.1 Å². The van der Waals surface area contributed by atoms with E-state index in [-0.39, 0.29) is 6.04 Å². The van der Waals surface area contributed by atoms with Crippen LogP contribution in [0.2, 0.25) is 5.02 Å². The third-order valence-electron chi connectivity index (χ3n) is 3.68. The number of hydrogen-bond donors (Lipinski definition) is 2. The highest BCUT2D eigenvalue weighted by Crippen LogP contribution is 2.32. The van der Waals surface area contributed by atoms with Gasteiger partial charge in [0.25, 0.3) is 0 Å². The molecule has 0 aromatic heterocycles. The molecule has 100 valence electrons. The van der Waals surface area contributed by atoms with Crippen LogP contribution in [0, 0.1) is 0 Å². The molecular weight excluding hydrogens is 248 g/mol. The molecule has 18 heavy (non-hydrogen) atoms. The van der Waals surface area contributed by atoms with E-state index in [0.717, 1.165) is 42.2 Å². The van der Waals surface area contributed by atoms with Crippen molar-refractivity contribution < 1.29 is 5.11 Å². The molecule has 1 heterocycles. The number of benzene rings is 1. The summed E-state index contributed by atoms with van der Waals surface area (Å²) in [5.41, 5.74) is 7.40. The second-order valence-corrected chi connectivity index (χ2v) is 5.89. The Morgan fingerprint density at radius 3 is 2.50 bits per heavy atom. The molecule has 0 aliphatic carbocycles. The summed E-state index contributed by atoms with van der Waals surface area (Å²) in [7, 11) is 0. The third-order valence-corrected chi connectivity index (χ3v) is 3.98. The van der Waals surface area contributed by atoms with E-state index in [2.05, 4.69) is 4.90 Å². The molecule has 1 aromatic rings. The first-order valence-electron chi connectivity index (χ1n) is 6.41. The van der Waals surface area contributed by atoms with Crippen LogP contribution in [-0.4, -0.2) is 23.8 Å². The van der Waals surface area contributed by atoms with Crippen molar-refractivity contribution in [2.24, 2.45) is 5.73 Å². The van der Waals surface area contributed by atoms with Crippen LogP contribution < -0.4 is 10.6 Å². The van der Waals surface area contributed by atoms with E-state index in [1.807, 2.05) is 32.0 Å². The zero-order valence-corrected chi connectivity index (χ0v) is 11.7. The molecule has 3 N–H and O–H groups in total. The zero-order chi connectivity index (χ0) is 13.3. The summed E-state index contributed by atoms with van der Waals surface area (Å²) in [6, 6.07) is 5.99. The number of nitrogens with two attached hydrogens (primary N) is 1. The third kappa shape index (κ3) is 2.97. The van der Waals surface area contributed by atoms with Crippen LogP contribution in [0.4, 0.5) is 5.69 Å². The lowest BCUT2D eigenvalue weighted by Gasteiger charge is -2.37. The molecule has 1 atom stereocenters. The summed E-state index contributed by atoms with van der Waals surface area (Å²) >= 11 is 6.32. The van der Waals surface area contributed by atoms with E-state index in [9.17, 15) is 5.11 Å². The van der Waals surface area contributed by atoms with Crippen molar-refractivity contribution in [3.8, 4) is 0 Å². The summed E-state index contributed by atoms with van der Waals surface area (Å²) in [5, 5.41) is 10.7. The van der Waals surface area contributed by atoms with Gasteiger partial charge in [-0.2, -0.15) is 0 Å². The lowest BCUT2D eigenvalue weighted by atomic mass is 9.93. The Kier molecular flexibility index (Phi) is 3.85. The Morgan fingerprint density at radius 2 is 2.00 bits per heavy atom. The van der Waals surface area contributed by atoms with E-state index in [4.69, 9.17) is 17.3 Å². The molecule has 1 aliphatic heterocycles. The second-order valence-electron chi connectivity index (χ2n) is 5.48. The Bertz CT molecular complexity index is 422. The number of aliphatic hydroxyl groups is 1. The number of anilines is 1. The van der Waals surface area contributed by atoms with E-state index < -0.39 is 5.60 Å². The Hall–Kier alpha value is -0.770. The number of hydrogen-bond acceptors (Lipinski definition) is 3. The molecule has 0 amide bonds. The van der Waals surface area contributed by atoms with Crippen molar-refractivity contribution in [1.82, 2.24) is 0 Å². The molecule has 4 heteroatoms. The number of halogens is 1. The van der Waals surface area contributed by atoms with Crippen LogP contribution in [0.5, 0.6) is 0 Å². The van der Waals surface area contributed by atoms with Gasteiger partial charge in [-0.05, 0) is 44.4 Å². The summed E-state index contributed by atoms with van der Waals surface area (Å²) in [5.74, 6) is 0. The average molecular weight is 269 g/mol. The standard InChI is InChI=1S/C14H21ClN2O/c1-10(16)11-3-4-13(12(15)9-11)17-7-5-14(2,18)6-8-17/h3-4,9-10,18H,5-8,16H2,1-2H3/t10-/m1/s1. The molecule has 0 bridgehead atoms. The monoisotopic (exact) mass is 268 g/mol. The van der Waals surface area contributed by atoms with Gasteiger partial charge in [0.15, 0.2) is 0 Å². The molecule has 0 unspecified atom stereocenters. The lowest BCUT2D eigenvalue weighted by Crippen LogP contribution is -2.42. The van der Waals surface area contributed by atoms with Gasteiger partial charge in [0.1, 0.15) is 0 Å². The molecule has 3 nitrogen and oxygen atoms in total. The van der Waals surface area contributed by atoms with Crippen molar-refractivity contribution in [3.05, 3.63) is 28.8 Å². The topological polar surface area (TPSA) is 49.5 Å². The van der Waals surface area contributed by atoms with Gasteiger partial charge in [-0.1, -0.05) is 17.7 Å². The van der Waals surface area contributed by atoms with Gasteiger partial charge < -0.3 is 15.7 Å². The molecular formula is C14H21ClN2O.